The molecule has 0 spiro atoms. The first-order chi connectivity index (χ1) is 13.0. The summed E-state index contributed by atoms with van der Waals surface area (Å²) in [6.45, 7) is 1.73. The van der Waals surface area contributed by atoms with Crippen molar-refractivity contribution >= 4 is 23.2 Å². The molecule has 0 bridgehead atoms. The number of likely N-dealkylation sites (N-methyl/N-ethyl adjacent to an activating group) is 1. The Morgan fingerprint density at radius 2 is 2.00 bits per heavy atom. The van der Waals surface area contributed by atoms with E-state index in [9.17, 15) is 14.0 Å². The van der Waals surface area contributed by atoms with E-state index in [4.69, 9.17) is 4.74 Å². The molecule has 2 heterocycles. The SMILES string of the molecule is CCOC(=O)CN(C)C(=O)c1nc(-c2cccs2)n(-c2ccc(F)cc2)n1. The standard InChI is InChI=1S/C18H17FN4O3S/c1-3-26-15(24)11-22(2)18(25)16-20-17(14-5-4-10-27-14)23(21-16)13-8-6-12(19)7-9-13/h4-10H,3,11H2,1-2H3. The minimum atomic E-state index is -0.512. The van der Waals surface area contributed by atoms with E-state index in [-0.39, 0.29) is 24.8 Å². The van der Waals surface area contributed by atoms with Crippen LogP contribution >= 0.6 is 11.3 Å². The van der Waals surface area contributed by atoms with Gasteiger partial charge in [0.15, 0.2) is 5.82 Å². The molecule has 0 aliphatic carbocycles. The number of thiophene rings is 1. The van der Waals surface area contributed by atoms with E-state index in [2.05, 4.69) is 10.1 Å². The molecule has 3 aromatic rings. The summed E-state index contributed by atoms with van der Waals surface area (Å²) in [6.07, 6.45) is 0. The maximum Gasteiger partial charge on any atom is 0.325 e. The van der Waals surface area contributed by atoms with Crippen LogP contribution < -0.4 is 0 Å². The van der Waals surface area contributed by atoms with E-state index in [0.29, 0.717) is 11.5 Å². The number of esters is 1. The lowest BCUT2D eigenvalue weighted by Gasteiger charge is -2.13. The molecule has 1 amide bonds. The summed E-state index contributed by atoms with van der Waals surface area (Å²) in [5, 5.41) is 6.17. The highest BCUT2D eigenvalue weighted by molar-refractivity contribution is 7.13. The van der Waals surface area contributed by atoms with Gasteiger partial charge in [0.05, 0.1) is 17.2 Å². The van der Waals surface area contributed by atoms with E-state index in [1.165, 1.54) is 40.1 Å². The summed E-state index contributed by atoms with van der Waals surface area (Å²) >= 11 is 1.44. The van der Waals surface area contributed by atoms with Gasteiger partial charge < -0.3 is 9.64 Å². The maximum atomic E-state index is 13.3. The predicted molar refractivity (Wildman–Crippen MR) is 98.2 cm³/mol. The summed E-state index contributed by atoms with van der Waals surface area (Å²) in [5.41, 5.74) is 0.569. The van der Waals surface area contributed by atoms with Gasteiger partial charge in [0.25, 0.3) is 5.91 Å². The van der Waals surface area contributed by atoms with Crippen molar-refractivity contribution in [2.75, 3.05) is 20.2 Å². The van der Waals surface area contributed by atoms with Gasteiger partial charge in [0, 0.05) is 7.05 Å². The van der Waals surface area contributed by atoms with Crippen LogP contribution in [0.3, 0.4) is 0 Å². The third kappa shape index (κ3) is 4.20. The molecule has 0 aliphatic rings. The van der Waals surface area contributed by atoms with Gasteiger partial charge in [-0.3, -0.25) is 9.59 Å². The van der Waals surface area contributed by atoms with Gasteiger partial charge in [-0.25, -0.2) is 14.1 Å². The van der Waals surface area contributed by atoms with Crippen LogP contribution in [0.15, 0.2) is 41.8 Å². The number of rotatable bonds is 6. The van der Waals surface area contributed by atoms with Crippen LogP contribution in [-0.2, 0) is 9.53 Å². The topological polar surface area (TPSA) is 77.3 Å². The van der Waals surface area contributed by atoms with Gasteiger partial charge in [-0.15, -0.1) is 16.4 Å². The summed E-state index contributed by atoms with van der Waals surface area (Å²) in [5.74, 6) is -0.993. The first-order valence-electron chi connectivity index (χ1n) is 8.17. The molecule has 2 aromatic heterocycles. The third-order valence-corrected chi connectivity index (χ3v) is 4.50. The van der Waals surface area contributed by atoms with Crippen molar-refractivity contribution in [3.05, 3.63) is 53.4 Å². The lowest BCUT2D eigenvalue weighted by molar-refractivity contribution is -0.143. The molecule has 0 atom stereocenters. The number of hydrogen-bond donors (Lipinski definition) is 0. The Hall–Kier alpha value is -3.07. The molecular weight excluding hydrogens is 371 g/mol. The number of nitrogens with zero attached hydrogens (tertiary/aromatic N) is 4. The van der Waals surface area contributed by atoms with Crippen LogP contribution in [0, 0.1) is 5.82 Å². The highest BCUT2D eigenvalue weighted by Gasteiger charge is 2.23. The molecule has 0 saturated carbocycles. The normalized spacial score (nSPS) is 10.6. The Balaban J connectivity index is 1.95. The molecular formula is C18H17FN4O3S. The summed E-state index contributed by atoms with van der Waals surface area (Å²) in [6, 6.07) is 9.44. The second-order valence-electron chi connectivity index (χ2n) is 5.59. The van der Waals surface area contributed by atoms with Crippen LogP contribution in [0.25, 0.3) is 16.4 Å². The molecule has 9 heteroatoms. The van der Waals surface area contributed by atoms with Gasteiger partial charge in [0.2, 0.25) is 5.82 Å². The van der Waals surface area contributed by atoms with Crippen LogP contribution in [0.4, 0.5) is 4.39 Å². The van der Waals surface area contributed by atoms with Crippen molar-refractivity contribution in [2.24, 2.45) is 0 Å². The Morgan fingerprint density at radius 1 is 1.26 bits per heavy atom. The van der Waals surface area contributed by atoms with Crippen LogP contribution in [-0.4, -0.2) is 51.7 Å². The molecule has 0 unspecified atom stereocenters. The minimum absolute atomic E-state index is 0.0606. The summed E-state index contributed by atoms with van der Waals surface area (Å²) in [7, 11) is 1.47. The molecule has 27 heavy (non-hydrogen) atoms. The molecule has 0 saturated heterocycles. The number of amides is 1. The molecule has 7 nitrogen and oxygen atoms in total. The largest absolute Gasteiger partial charge is 0.465 e. The number of carbonyl (C=O) groups is 2. The fourth-order valence-electron chi connectivity index (χ4n) is 2.37. The zero-order chi connectivity index (χ0) is 19.4. The number of benzene rings is 1. The average molecular weight is 388 g/mol. The van der Waals surface area contributed by atoms with E-state index in [1.54, 1.807) is 19.1 Å². The van der Waals surface area contributed by atoms with E-state index in [1.807, 2.05) is 17.5 Å². The van der Waals surface area contributed by atoms with Crippen molar-refractivity contribution in [1.82, 2.24) is 19.7 Å². The van der Waals surface area contributed by atoms with E-state index < -0.39 is 11.9 Å². The Morgan fingerprint density at radius 3 is 2.63 bits per heavy atom. The smallest absolute Gasteiger partial charge is 0.325 e. The van der Waals surface area contributed by atoms with E-state index >= 15 is 0 Å². The number of carbonyl (C=O) groups excluding carboxylic acids is 2. The van der Waals surface area contributed by atoms with Crippen LogP contribution in [0.1, 0.15) is 17.5 Å². The van der Waals surface area contributed by atoms with Gasteiger partial charge >= 0.3 is 5.97 Å². The van der Waals surface area contributed by atoms with Crippen molar-refractivity contribution in [3.8, 4) is 16.4 Å². The van der Waals surface area contributed by atoms with Gasteiger partial charge in [-0.2, -0.15) is 0 Å². The Bertz CT molecular complexity index is 938. The van der Waals surface area contributed by atoms with E-state index in [0.717, 1.165) is 4.88 Å². The first-order valence-corrected chi connectivity index (χ1v) is 9.05. The van der Waals surface area contributed by atoms with Crippen molar-refractivity contribution in [2.45, 2.75) is 6.92 Å². The molecule has 0 N–H and O–H groups in total. The highest BCUT2D eigenvalue weighted by atomic mass is 32.1. The van der Waals surface area contributed by atoms with Gasteiger partial charge in [0.1, 0.15) is 12.4 Å². The third-order valence-electron chi connectivity index (χ3n) is 3.63. The molecule has 140 valence electrons. The second-order valence-corrected chi connectivity index (χ2v) is 6.54. The van der Waals surface area contributed by atoms with Crippen molar-refractivity contribution in [3.63, 3.8) is 0 Å². The summed E-state index contributed by atoms with van der Waals surface area (Å²) < 4.78 is 19.6. The Kier molecular flexibility index (Phi) is 5.60. The fourth-order valence-corrected chi connectivity index (χ4v) is 3.07. The number of hydrogen-bond acceptors (Lipinski definition) is 6. The first kappa shape index (κ1) is 18.7. The number of ether oxygens (including phenoxy) is 1. The zero-order valence-corrected chi connectivity index (χ0v) is 15.6. The number of aromatic nitrogens is 3. The second kappa shape index (κ2) is 8.09. The highest BCUT2D eigenvalue weighted by Crippen LogP contribution is 2.26. The minimum Gasteiger partial charge on any atom is -0.465 e. The predicted octanol–water partition coefficient (Wildman–Crippen LogP) is 2.77. The van der Waals surface area contributed by atoms with Crippen LogP contribution in [0.2, 0.25) is 0 Å². The quantitative estimate of drug-likeness (QED) is 0.607. The molecule has 0 radical (unpaired) electrons. The molecule has 3 rings (SSSR count). The molecule has 0 fully saturated rings. The van der Waals surface area contributed by atoms with Crippen molar-refractivity contribution in [1.29, 1.82) is 0 Å². The Labute approximate surface area is 159 Å². The molecule has 0 aliphatic heterocycles. The molecule has 1 aromatic carbocycles. The average Bonchev–Trinajstić information content (AvgIpc) is 3.31. The van der Waals surface area contributed by atoms with Gasteiger partial charge in [-0.05, 0) is 42.6 Å². The monoisotopic (exact) mass is 388 g/mol. The number of halogens is 1. The lowest BCUT2D eigenvalue weighted by atomic mass is 10.3. The zero-order valence-electron chi connectivity index (χ0n) is 14.8. The van der Waals surface area contributed by atoms with Crippen LogP contribution in [0.5, 0.6) is 0 Å². The maximum absolute atomic E-state index is 13.3. The lowest BCUT2D eigenvalue weighted by Crippen LogP contribution is -2.33. The fraction of sp³-hybridized carbons (Fsp3) is 0.222. The van der Waals surface area contributed by atoms with Crippen molar-refractivity contribution < 1.29 is 18.7 Å². The van der Waals surface area contributed by atoms with Gasteiger partial charge in [-0.1, -0.05) is 6.07 Å². The summed E-state index contributed by atoms with van der Waals surface area (Å²) in [4.78, 5) is 30.6.